The molecule has 1 aliphatic heterocycles. The van der Waals surface area contributed by atoms with Crippen LogP contribution in [-0.2, 0) is 5.54 Å². The average Bonchev–Trinajstić information content (AvgIpc) is 2.21. The van der Waals surface area contributed by atoms with Crippen molar-refractivity contribution in [3.05, 3.63) is 34.1 Å². The number of nitrogens with two attached hydrogens (primary N) is 1. The monoisotopic (exact) mass is 302 g/mol. The molecule has 0 aliphatic carbocycles. The third kappa shape index (κ3) is 2.25. The number of hydrogen-bond donors (Lipinski definition) is 1. The van der Waals surface area contributed by atoms with Crippen LogP contribution in [0.5, 0.6) is 0 Å². The van der Waals surface area contributed by atoms with Gasteiger partial charge in [0.05, 0.1) is 5.54 Å². The van der Waals surface area contributed by atoms with Crippen LogP contribution in [0.15, 0.2) is 27.7 Å². The topological polar surface area (TPSA) is 38.4 Å². The molecule has 2 N–H and O–H groups in total. The van der Waals surface area contributed by atoms with Gasteiger partial charge in [-0.15, -0.1) is 0 Å². The number of nitrogens with zero attached hydrogens (tertiary/aromatic N) is 1. The third-order valence-corrected chi connectivity index (χ3v) is 3.99. The number of rotatable bonds is 1. The largest absolute Gasteiger partial charge is 0.379 e. The molecule has 2 nitrogen and oxygen atoms in total. The fourth-order valence-electron chi connectivity index (χ4n) is 1.79. The van der Waals surface area contributed by atoms with E-state index in [1.54, 1.807) is 12.1 Å². The van der Waals surface area contributed by atoms with Crippen molar-refractivity contribution in [2.45, 2.75) is 18.9 Å². The minimum Gasteiger partial charge on any atom is -0.379 e. The van der Waals surface area contributed by atoms with Gasteiger partial charge in [0, 0.05) is 15.8 Å². The highest BCUT2D eigenvalue weighted by molar-refractivity contribution is 9.10. The normalized spacial score (nSPS) is 25.3. The minimum atomic E-state index is -0.538. The smallest absolute Gasteiger partial charge is 0.154 e. The molecule has 86 valence electrons. The molecule has 0 aromatic heterocycles. The molecule has 16 heavy (non-hydrogen) atoms. The number of amidine groups is 1. The SMILES string of the molecule is CC1(c2cc(Br)ccc2F)CCSC(N)=N1. The van der Waals surface area contributed by atoms with E-state index >= 15 is 0 Å². The second-order valence-corrected chi connectivity index (χ2v) is 5.98. The van der Waals surface area contributed by atoms with Crippen LogP contribution in [-0.4, -0.2) is 10.9 Å². The molecule has 0 saturated carbocycles. The van der Waals surface area contributed by atoms with Crippen molar-refractivity contribution in [3.8, 4) is 0 Å². The first kappa shape index (κ1) is 11.9. The van der Waals surface area contributed by atoms with Gasteiger partial charge in [0.1, 0.15) is 5.82 Å². The maximum absolute atomic E-state index is 13.8. The molecule has 1 aromatic carbocycles. The fourth-order valence-corrected chi connectivity index (χ4v) is 3.13. The summed E-state index contributed by atoms with van der Waals surface area (Å²) in [6, 6.07) is 4.92. The van der Waals surface area contributed by atoms with E-state index in [0.29, 0.717) is 10.7 Å². The lowest BCUT2D eigenvalue weighted by atomic mass is 9.89. The van der Waals surface area contributed by atoms with Crippen LogP contribution in [0.1, 0.15) is 18.9 Å². The number of thioether (sulfide) groups is 1. The summed E-state index contributed by atoms with van der Waals surface area (Å²) in [5.74, 6) is 0.645. The number of benzene rings is 1. The molecular formula is C11H12BrFN2S. The van der Waals surface area contributed by atoms with Gasteiger partial charge in [0.2, 0.25) is 0 Å². The van der Waals surface area contributed by atoms with E-state index in [-0.39, 0.29) is 5.82 Å². The summed E-state index contributed by atoms with van der Waals surface area (Å²) in [5, 5.41) is 0.535. The van der Waals surface area contributed by atoms with Crippen molar-refractivity contribution in [2.24, 2.45) is 10.7 Å². The zero-order chi connectivity index (χ0) is 11.8. The highest BCUT2D eigenvalue weighted by Crippen LogP contribution is 2.37. The molecule has 0 amide bonds. The van der Waals surface area contributed by atoms with Gasteiger partial charge in [-0.2, -0.15) is 0 Å². The van der Waals surface area contributed by atoms with Gasteiger partial charge in [-0.25, -0.2) is 4.39 Å². The zero-order valence-corrected chi connectivity index (χ0v) is 11.2. The van der Waals surface area contributed by atoms with E-state index in [4.69, 9.17) is 5.73 Å². The lowest BCUT2D eigenvalue weighted by Crippen LogP contribution is -2.29. The van der Waals surface area contributed by atoms with Crippen molar-refractivity contribution >= 4 is 32.9 Å². The van der Waals surface area contributed by atoms with E-state index < -0.39 is 5.54 Å². The molecule has 1 atom stereocenters. The summed E-state index contributed by atoms with van der Waals surface area (Å²) in [7, 11) is 0. The van der Waals surface area contributed by atoms with Gasteiger partial charge in [-0.05, 0) is 31.5 Å². The second kappa shape index (κ2) is 4.37. The molecule has 2 rings (SSSR count). The highest BCUT2D eigenvalue weighted by Gasteiger charge is 2.32. The summed E-state index contributed by atoms with van der Waals surface area (Å²) in [6.45, 7) is 1.92. The lowest BCUT2D eigenvalue weighted by molar-refractivity contribution is 0.450. The average molecular weight is 303 g/mol. The Hall–Kier alpha value is -0.550. The van der Waals surface area contributed by atoms with E-state index in [0.717, 1.165) is 16.6 Å². The predicted molar refractivity (Wildman–Crippen MR) is 70.1 cm³/mol. The second-order valence-electron chi connectivity index (χ2n) is 3.95. The standard InChI is InChI=1S/C11H12BrFN2S/c1-11(4-5-16-10(14)15-11)8-6-7(12)2-3-9(8)13/h2-3,6H,4-5H2,1H3,(H2,14,15). The minimum absolute atomic E-state index is 0.228. The van der Waals surface area contributed by atoms with Crippen LogP contribution >= 0.6 is 27.7 Å². The summed E-state index contributed by atoms with van der Waals surface area (Å²) in [5.41, 5.74) is 5.78. The van der Waals surface area contributed by atoms with Gasteiger partial charge in [-0.3, -0.25) is 4.99 Å². The van der Waals surface area contributed by atoms with Crippen molar-refractivity contribution < 1.29 is 4.39 Å². The van der Waals surface area contributed by atoms with E-state index in [2.05, 4.69) is 20.9 Å². The van der Waals surface area contributed by atoms with Crippen molar-refractivity contribution in [1.82, 2.24) is 0 Å². The Morgan fingerprint density at radius 3 is 3.00 bits per heavy atom. The Labute approximate surface area is 107 Å². The predicted octanol–water partition coefficient (Wildman–Crippen LogP) is 3.26. The van der Waals surface area contributed by atoms with Gasteiger partial charge in [0.25, 0.3) is 0 Å². The van der Waals surface area contributed by atoms with Crippen LogP contribution in [0.4, 0.5) is 4.39 Å². The van der Waals surface area contributed by atoms with Gasteiger partial charge in [0.15, 0.2) is 5.17 Å². The summed E-state index contributed by atoms with van der Waals surface area (Å²) in [4.78, 5) is 4.38. The zero-order valence-electron chi connectivity index (χ0n) is 8.84. The van der Waals surface area contributed by atoms with Gasteiger partial charge < -0.3 is 5.73 Å². The number of aliphatic imine (C=N–C) groups is 1. The third-order valence-electron chi connectivity index (χ3n) is 2.70. The van der Waals surface area contributed by atoms with E-state index in [9.17, 15) is 4.39 Å². The van der Waals surface area contributed by atoms with Crippen LogP contribution in [0.25, 0.3) is 0 Å². The van der Waals surface area contributed by atoms with E-state index in [1.165, 1.54) is 17.8 Å². The summed E-state index contributed by atoms with van der Waals surface area (Å²) >= 11 is 4.87. The Bertz CT molecular complexity index is 450. The Balaban J connectivity index is 2.50. The lowest BCUT2D eigenvalue weighted by Gasteiger charge is -2.30. The number of halogens is 2. The molecular weight excluding hydrogens is 291 g/mol. The maximum Gasteiger partial charge on any atom is 0.154 e. The molecule has 0 bridgehead atoms. The first-order valence-electron chi connectivity index (χ1n) is 4.95. The Kier molecular flexibility index (Phi) is 3.26. The summed E-state index contributed by atoms with van der Waals surface area (Å²) in [6.07, 6.45) is 0.797. The molecule has 0 spiro atoms. The molecule has 1 aromatic rings. The molecule has 1 aliphatic rings. The van der Waals surface area contributed by atoms with E-state index in [1.807, 2.05) is 6.92 Å². The van der Waals surface area contributed by atoms with Gasteiger partial charge >= 0.3 is 0 Å². The molecule has 0 radical (unpaired) electrons. The van der Waals surface area contributed by atoms with Crippen molar-refractivity contribution in [2.75, 3.05) is 5.75 Å². The molecule has 0 saturated heterocycles. The fraction of sp³-hybridized carbons (Fsp3) is 0.364. The van der Waals surface area contributed by atoms with Crippen LogP contribution in [0.2, 0.25) is 0 Å². The maximum atomic E-state index is 13.8. The van der Waals surface area contributed by atoms with Crippen molar-refractivity contribution in [3.63, 3.8) is 0 Å². The van der Waals surface area contributed by atoms with Crippen LogP contribution in [0.3, 0.4) is 0 Å². The molecule has 1 heterocycles. The van der Waals surface area contributed by atoms with Gasteiger partial charge in [-0.1, -0.05) is 27.7 Å². The van der Waals surface area contributed by atoms with Crippen LogP contribution < -0.4 is 5.73 Å². The molecule has 0 fully saturated rings. The quantitative estimate of drug-likeness (QED) is 0.865. The molecule has 5 heteroatoms. The summed E-state index contributed by atoms with van der Waals surface area (Å²) < 4.78 is 14.6. The Morgan fingerprint density at radius 2 is 2.31 bits per heavy atom. The van der Waals surface area contributed by atoms with Crippen LogP contribution in [0, 0.1) is 5.82 Å². The first-order chi connectivity index (χ1) is 7.51. The molecule has 1 unspecified atom stereocenters. The first-order valence-corrected chi connectivity index (χ1v) is 6.73. The number of hydrogen-bond acceptors (Lipinski definition) is 3. The van der Waals surface area contributed by atoms with Crippen molar-refractivity contribution in [1.29, 1.82) is 0 Å². The highest BCUT2D eigenvalue weighted by atomic mass is 79.9. The Morgan fingerprint density at radius 1 is 1.56 bits per heavy atom.